The first-order chi connectivity index (χ1) is 13.5. The summed E-state index contributed by atoms with van der Waals surface area (Å²) < 4.78 is 5.74. The van der Waals surface area contributed by atoms with Crippen molar-refractivity contribution in [3.63, 3.8) is 0 Å². The van der Waals surface area contributed by atoms with Crippen LogP contribution in [0.2, 0.25) is 5.02 Å². The summed E-state index contributed by atoms with van der Waals surface area (Å²) in [5, 5.41) is 3.44. The highest BCUT2D eigenvalue weighted by atomic mass is 35.5. The normalized spacial score (nSPS) is 15.5. The Kier molecular flexibility index (Phi) is 6.57. The first-order valence-electron chi connectivity index (χ1n) is 9.59. The average Bonchev–Trinajstić information content (AvgIpc) is 2.92. The number of nitrogens with zero attached hydrogens (tertiary/aromatic N) is 1. The lowest BCUT2D eigenvalue weighted by atomic mass is 10.0. The van der Waals surface area contributed by atoms with Gasteiger partial charge in [-0.1, -0.05) is 37.1 Å². The van der Waals surface area contributed by atoms with E-state index < -0.39 is 6.04 Å². The molecule has 0 saturated carbocycles. The molecule has 148 valence electrons. The van der Waals surface area contributed by atoms with Crippen molar-refractivity contribution in [1.29, 1.82) is 0 Å². The smallest absolute Gasteiger partial charge is 0.254 e. The third kappa shape index (κ3) is 4.65. The van der Waals surface area contributed by atoms with Crippen molar-refractivity contribution in [3.8, 4) is 5.75 Å². The molecule has 5 nitrogen and oxygen atoms in total. The van der Waals surface area contributed by atoms with Crippen molar-refractivity contribution < 1.29 is 14.3 Å². The Balaban J connectivity index is 1.75. The number of fused-ring (bicyclic) bond motifs is 1. The number of halogens is 1. The second kappa shape index (κ2) is 9.11. The summed E-state index contributed by atoms with van der Waals surface area (Å²) in [6.07, 6.45) is 3.17. The third-order valence-electron chi connectivity index (χ3n) is 4.77. The van der Waals surface area contributed by atoms with Crippen molar-refractivity contribution >= 4 is 29.1 Å². The molecule has 0 spiro atoms. The molecule has 6 heteroatoms. The molecule has 2 aromatic rings. The molecule has 2 aromatic carbocycles. The quantitative estimate of drug-likeness (QED) is 0.719. The number of ether oxygens (including phenoxy) is 1. The second-order valence-electron chi connectivity index (χ2n) is 6.92. The maximum atomic E-state index is 12.9. The number of rotatable bonds is 8. The summed E-state index contributed by atoms with van der Waals surface area (Å²) in [7, 11) is 0. The molecule has 3 rings (SSSR count). The van der Waals surface area contributed by atoms with Gasteiger partial charge in [-0.15, -0.1) is 0 Å². The van der Waals surface area contributed by atoms with Gasteiger partial charge >= 0.3 is 0 Å². The van der Waals surface area contributed by atoms with Crippen LogP contribution in [0, 0.1) is 0 Å². The molecule has 0 fully saturated rings. The van der Waals surface area contributed by atoms with Gasteiger partial charge in [0.1, 0.15) is 18.4 Å². The zero-order chi connectivity index (χ0) is 20.1. The van der Waals surface area contributed by atoms with E-state index >= 15 is 0 Å². The molecule has 0 radical (unpaired) electrons. The molecule has 2 amide bonds. The monoisotopic (exact) mass is 400 g/mol. The van der Waals surface area contributed by atoms with Crippen LogP contribution >= 0.6 is 11.6 Å². The van der Waals surface area contributed by atoms with Crippen LogP contribution in [-0.4, -0.2) is 25.0 Å². The second-order valence-corrected chi connectivity index (χ2v) is 7.36. The SMILES string of the molecule is CCCCc1ccc2c(c1)[C@H](NC(C)=O)C(=O)N2CCOc1ccc(Cl)cc1. The van der Waals surface area contributed by atoms with E-state index in [1.54, 1.807) is 29.2 Å². The zero-order valence-corrected chi connectivity index (χ0v) is 17.0. The Morgan fingerprint density at radius 3 is 2.64 bits per heavy atom. The molecule has 1 heterocycles. The van der Waals surface area contributed by atoms with Crippen molar-refractivity contribution in [3.05, 3.63) is 58.6 Å². The maximum absolute atomic E-state index is 12.9. The summed E-state index contributed by atoms with van der Waals surface area (Å²) in [5.74, 6) is 0.352. The van der Waals surface area contributed by atoms with Crippen molar-refractivity contribution in [2.75, 3.05) is 18.1 Å². The van der Waals surface area contributed by atoms with E-state index in [4.69, 9.17) is 16.3 Å². The lowest BCUT2D eigenvalue weighted by Gasteiger charge is -2.18. The highest BCUT2D eigenvalue weighted by Gasteiger charge is 2.37. The molecule has 0 saturated heterocycles. The minimum atomic E-state index is -0.635. The summed E-state index contributed by atoms with van der Waals surface area (Å²) >= 11 is 5.88. The number of benzene rings is 2. The van der Waals surface area contributed by atoms with Crippen LogP contribution in [-0.2, 0) is 16.0 Å². The molecule has 1 aliphatic rings. The fraction of sp³-hybridized carbons (Fsp3) is 0.364. The first-order valence-corrected chi connectivity index (χ1v) is 9.97. The highest BCUT2D eigenvalue weighted by Crippen LogP contribution is 2.36. The van der Waals surface area contributed by atoms with Gasteiger partial charge in [-0.05, 0) is 48.7 Å². The van der Waals surface area contributed by atoms with Crippen LogP contribution in [0.15, 0.2) is 42.5 Å². The lowest BCUT2D eigenvalue weighted by molar-refractivity contribution is -0.126. The Bertz CT molecular complexity index is 851. The molecule has 1 atom stereocenters. The van der Waals surface area contributed by atoms with E-state index in [0.717, 1.165) is 30.5 Å². The molecule has 0 unspecified atom stereocenters. The molecule has 1 N–H and O–H groups in total. The topological polar surface area (TPSA) is 58.6 Å². The van der Waals surface area contributed by atoms with Crippen LogP contribution in [0.4, 0.5) is 5.69 Å². The highest BCUT2D eigenvalue weighted by molar-refractivity contribution is 6.30. The predicted octanol–water partition coefficient (Wildman–Crippen LogP) is 4.29. The number of nitrogens with one attached hydrogen (secondary N) is 1. The number of hydrogen-bond acceptors (Lipinski definition) is 3. The molecular weight excluding hydrogens is 376 g/mol. The predicted molar refractivity (Wildman–Crippen MR) is 111 cm³/mol. The summed E-state index contributed by atoms with van der Waals surface area (Å²) in [6.45, 7) is 4.33. The van der Waals surface area contributed by atoms with Crippen LogP contribution in [0.1, 0.15) is 43.9 Å². The van der Waals surface area contributed by atoms with Gasteiger partial charge in [0.2, 0.25) is 5.91 Å². The van der Waals surface area contributed by atoms with E-state index in [1.165, 1.54) is 12.5 Å². The average molecular weight is 401 g/mol. The van der Waals surface area contributed by atoms with Crippen LogP contribution in [0.3, 0.4) is 0 Å². The van der Waals surface area contributed by atoms with E-state index in [-0.39, 0.29) is 11.8 Å². The van der Waals surface area contributed by atoms with Gasteiger partial charge in [-0.25, -0.2) is 0 Å². The number of unbranched alkanes of at least 4 members (excludes halogenated alkanes) is 1. The standard InChI is InChI=1S/C22H25ClN2O3/c1-3-4-5-16-6-11-20-19(14-16)21(24-15(2)26)22(27)25(20)12-13-28-18-9-7-17(23)8-10-18/h6-11,14,21H,3-5,12-13H2,1-2H3,(H,24,26)/t21-/m0/s1. The summed E-state index contributed by atoms with van der Waals surface area (Å²) in [4.78, 5) is 26.3. The number of anilines is 1. The Morgan fingerprint density at radius 1 is 1.21 bits per heavy atom. The number of amides is 2. The van der Waals surface area contributed by atoms with E-state index in [2.05, 4.69) is 18.3 Å². The van der Waals surface area contributed by atoms with Gasteiger partial charge in [0.05, 0.1) is 6.54 Å². The largest absolute Gasteiger partial charge is 0.492 e. The van der Waals surface area contributed by atoms with E-state index in [9.17, 15) is 9.59 Å². The van der Waals surface area contributed by atoms with E-state index in [0.29, 0.717) is 23.9 Å². The molecular formula is C22H25ClN2O3. The molecule has 28 heavy (non-hydrogen) atoms. The Hall–Kier alpha value is -2.53. The Morgan fingerprint density at radius 2 is 1.96 bits per heavy atom. The zero-order valence-electron chi connectivity index (χ0n) is 16.2. The fourth-order valence-electron chi connectivity index (χ4n) is 3.38. The number of aryl methyl sites for hydroxylation is 1. The van der Waals surface area contributed by atoms with Crippen molar-refractivity contribution in [1.82, 2.24) is 5.32 Å². The van der Waals surface area contributed by atoms with Gasteiger partial charge in [0.25, 0.3) is 5.91 Å². The van der Waals surface area contributed by atoms with Crippen LogP contribution in [0.5, 0.6) is 5.75 Å². The van der Waals surface area contributed by atoms with Gasteiger partial charge in [-0.3, -0.25) is 9.59 Å². The summed E-state index contributed by atoms with van der Waals surface area (Å²) in [5.41, 5.74) is 2.88. The first kappa shape index (κ1) is 20.2. The minimum Gasteiger partial charge on any atom is -0.492 e. The third-order valence-corrected chi connectivity index (χ3v) is 5.02. The van der Waals surface area contributed by atoms with Gasteiger partial charge in [-0.2, -0.15) is 0 Å². The van der Waals surface area contributed by atoms with Crippen molar-refractivity contribution in [2.24, 2.45) is 0 Å². The van der Waals surface area contributed by atoms with Crippen LogP contribution < -0.4 is 15.0 Å². The molecule has 1 aliphatic heterocycles. The fourth-order valence-corrected chi connectivity index (χ4v) is 3.51. The van der Waals surface area contributed by atoms with Gasteiger partial charge < -0.3 is 15.0 Å². The summed E-state index contributed by atoms with van der Waals surface area (Å²) in [6, 6.07) is 12.6. The number of carbonyl (C=O) groups is 2. The molecule has 0 aliphatic carbocycles. The van der Waals surface area contributed by atoms with Crippen molar-refractivity contribution in [2.45, 2.75) is 39.2 Å². The van der Waals surface area contributed by atoms with Gasteiger partial charge in [0.15, 0.2) is 0 Å². The molecule has 0 aromatic heterocycles. The Labute approximate surface area is 170 Å². The van der Waals surface area contributed by atoms with Gasteiger partial charge in [0, 0.05) is 23.2 Å². The lowest BCUT2D eigenvalue weighted by Crippen LogP contribution is -2.38. The maximum Gasteiger partial charge on any atom is 0.254 e. The number of hydrogen-bond donors (Lipinski definition) is 1. The van der Waals surface area contributed by atoms with Crippen LogP contribution in [0.25, 0.3) is 0 Å². The molecule has 0 bridgehead atoms. The van der Waals surface area contributed by atoms with E-state index in [1.807, 2.05) is 12.1 Å². The number of carbonyl (C=O) groups excluding carboxylic acids is 2. The minimum absolute atomic E-state index is 0.127.